The third-order valence-corrected chi connectivity index (χ3v) is 9.20. The molecular formula is C30H23ClN4O3S. The summed E-state index contributed by atoms with van der Waals surface area (Å²) >= 11 is 7.88. The van der Waals surface area contributed by atoms with Gasteiger partial charge in [-0.15, -0.1) is 22.9 Å². The second kappa shape index (κ2) is 8.62. The fraction of sp³-hybridized carbons (Fsp3) is 0.133. The number of carbonyl (C=O) groups excluding carboxylic acids is 2. The van der Waals surface area contributed by atoms with Gasteiger partial charge in [-0.1, -0.05) is 6.07 Å². The number of aromatic hydroxyl groups is 1. The fourth-order valence-electron chi connectivity index (χ4n) is 5.82. The number of nitrogens with one attached hydrogen (secondary N) is 1. The number of phenols is 1. The van der Waals surface area contributed by atoms with Gasteiger partial charge in [-0.05, 0) is 65.2 Å². The van der Waals surface area contributed by atoms with Gasteiger partial charge in [-0.25, -0.2) is 0 Å². The van der Waals surface area contributed by atoms with Gasteiger partial charge in [0.2, 0.25) is 5.91 Å². The third-order valence-electron chi connectivity index (χ3n) is 7.70. The molecule has 9 heteroatoms. The first-order chi connectivity index (χ1) is 18.9. The molecule has 0 aliphatic carbocycles. The Hall–Kier alpha value is -4.27. The summed E-state index contributed by atoms with van der Waals surface area (Å²) in [5.74, 6) is -0.0818. The molecule has 1 atom stereocenters. The number of amides is 2. The number of halogens is 1. The molecule has 4 N–H and O–H groups in total. The number of phenolic OH excluding ortho intramolecular Hbond substituents is 1. The highest BCUT2D eigenvalue weighted by Gasteiger charge is 2.36. The van der Waals surface area contributed by atoms with Crippen LogP contribution in [-0.4, -0.2) is 38.9 Å². The zero-order valence-corrected chi connectivity index (χ0v) is 22.4. The molecule has 1 aliphatic heterocycles. The smallest absolute Gasteiger partial charge is 0.258 e. The predicted octanol–water partition coefficient (Wildman–Crippen LogP) is 6.42. The summed E-state index contributed by atoms with van der Waals surface area (Å²) in [6.07, 6.45) is 3.84. The van der Waals surface area contributed by atoms with E-state index in [0.29, 0.717) is 29.2 Å². The molecule has 0 radical (unpaired) electrons. The van der Waals surface area contributed by atoms with Gasteiger partial charge in [-0.2, -0.15) is 0 Å². The Morgan fingerprint density at radius 1 is 1.13 bits per heavy atom. The summed E-state index contributed by atoms with van der Waals surface area (Å²) in [5.41, 5.74) is 11.9. The summed E-state index contributed by atoms with van der Waals surface area (Å²) in [6, 6.07) is 14.7. The van der Waals surface area contributed by atoms with E-state index >= 15 is 0 Å². The van der Waals surface area contributed by atoms with E-state index < -0.39 is 5.91 Å². The molecule has 4 heterocycles. The number of carbonyl (C=O) groups is 2. The quantitative estimate of drug-likeness (QED) is 0.219. The van der Waals surface area contributed by atoms with Crippen molar-refractivity contribution in [2.45, 2.75) is 12.8 Å². The number of H-pyrrole nitrogens is 1. The van der Waals surface area contributed by atoms with Gasteiger partial charge in [0, 0.05) is 64.2 Å². The molecule has 2 amide bonds. The molecule has 39 heavy (non-hydrogen) atoms. The normalized spacial score (nSPS) is 15.0. The lowest BCUT2D eigenvalue weighted by atomic mass is 9.97. The van der Waals surface area contributed by atoms with Gasteiger partial charge in [0.25, 0.3) is 5.91 Å². The van der Waals surface area contributed by atoms with Gasteiger partial charge >= 0.3 is 0 Å². The number of fused-ring (bicyclic) bond motifs is 5. The monoisotopic (exact) mass is 554 g/mol. The molecule has 0 bridgehead atoms. The maximum Gasteiger partial charge on any atom is 0.258 e. The number of hydrogen-bond acceptors (Lipinski definition) is 4. The minimum atomic E-state index is -0.477. The van der Waals surface area contributed by atoms with Crippen LogP contribution in [0.2, 0.25) is 0 Å². The van der Waals surface area contributed by atoms with Crippen LogP contribution in [0.3, 0.4) is 0 Å². The van der Waals surface area contributed by atoms with Crippen LogP contribution in [0.25, 0.3) is 37.6 Å². The molecule has 7 rings (SSSR count). The lowest BCUT2D eigenvalue weighted by Crippen LogP contribution is -2.30. The summed E-state index contributed by atoms with van der Waals surface area (Å²) in [7, 11) is 0. The molecule has 0 fully saturated rings. The van der Waals surface area contributed by atoms with Crippen LogP contribution in [0.15, 0.2) is 66.3 Å². The molecule has 7 nitrogen and oxygen atoms in total. The molecule has 0 spiro atoms. The molecule has 6 aromatic rings. The zero-order chi connectivity index (χ0) is 27.0. The van der Waals surface area contributed by atoms with Gasteiger partial charge < -0.3 is 25.3 Å². The van der Waals surface area contributed by atoms with Crippen molar-refractivity contribution in [3.8, 4) is 11.4 Å². The number of thiophene rings is 1. The van der Waals surface area contributed by atoms with E-state index in [-0.39, 0.29) is 17.6 Å². The number of nitrogens with two attached hydrogens (primary N) is 1. The van der Waals surface area contributed by atoms with Crippen molar-refractivity contribution in [2.75, 3.05) is 17.3 Å². The number of anilines is 1. The summed E-state index contributed by atoms with van der Waals surface area (Å²) in [6.45, 7) is 2.48. The molecule has 0 saturated heterocycles. The van der Waals surface area contributed by atoms with Crippen molar-refractivity contribution in [2.24, 2.45) is 5.73 Å². The summed E-state index contributed by atoms with van der Waals surface area (Å²) < 4.78 is 2.83. The van der Waals surface area contributed by atoms with Crippen molar-refractivity contribution in [1.82, 2.24) is 9.55 Å². The Kier molecular flexibility index (Phi) is 5.27. The number of aromatic nitrogens is 2. The largest absolute Gasteiger partial charge is 0.506 e. The number of rotatable bonds is 4. The Labute approximate surface area is 232 Å². The number of nitrogens with zero attached hydrogens (tertiary/aromatic N) is 2. The lowest BCUT2D eigenvalue weighted by Gasteiger charge is -2.18. The minimum absolute atomic E-state index is 0.0184. The topological polar surface area (TPSA) is 104 Å². The summed E-state index contributed by atoms with van der Waals surface area (Å²) in [4.78, 5) is 30.6. The standard InChI is InChI=1S/C30H23ClN4O3S/c1-15-14-39-28-25(36)10-23-27(26(15)28)19(11-31)13-35(23)30(38)18-4-5-20-21(8-18)33-12-24(20)34-7-6-16-2-3-17(29(32)37)9-22(16)34/h2-10,12,14,19,33,36H,11,13H2,1H3,(H2,32,37)/t19-/m1/s1. The second-order valence-electron chi connectivity index (χ2n) is 9.98. The maximum absolute atomic E-state index is 13.8. The molecule has 0 saturated carbocycles. The van der Waals surface area contributed by atoms with Crippen molar-refractivity contribution in [3.05, 3.63) is 88.6 Å². The highest BCUT2D eigenvalue weighted by atomic mass is 35.5. The van der Waals surface area contributed by atoms with Crippen LogP contribution in [0.4, 0.5) is 5.69 Å². The molecule has 0 unspecified atom stereocenters. The van der Waals surface area contributed by atoms with E-state index in [0.717, 1.165) is 48.7 Å². The van der Waals surface area contributed by atoms with E-state index in [9.17, 15) is 14.7 Å². The molecular weight excluding hydrogens is 532 g/mol. The molecule has 3 aromatic carbocycles. The van der Waals surface area contributed by atoms with E-state index in [1.165, 1.54) is 11.3 Å². The first kappa shape index (κ1) is 23.8. The third kappa shape index (κ3) is 3.48. The Morgan fingerprint density at radius 2 is 1.95 bits per heavy atom. The van der Waals surface area contributed by atoms with Gasteiger partial charge in [-0.3, -0.25) is 9.59 Å². The van der Waals surface area contributed by atoms with Crippen molar-refractivity contribution >= 4 is 72.3 Å². The van der Waals surface area contributed by atoms with E-state index in [1.807, 2.05) is 59.6 Å². The Balaban J connectivity index is 1.29. The van der Waals surface area contributed by atoms with Crippen LogP contribution in [0.1, 0.15) is 37.8 Å². The number of alkyl halides is 1. The van der Waals surface area contributed by atoms with Crippen LogP contribution in [0.5, 0.6) is 5.75 Å². The number of benzene rings is 3. The van der Waals surface area contributed by atoms with Gasteiger partial charge in [0.15, 0.2) is 0 Å². The maximum atomic E-state index is 13.8. The Morgan fingerprint density at radius 3 is 2.74 bits per heavy atom. The van der Waals surface area contributed by atoms with Crippen LogP contribution >= 0.6 is 22.9 Å². The predicted molar refractivity (Wildman–Crippen MR) is 157 cm³/mol. The van der Waals surface area contributed by atoms with Crippen LogP contribution in [0, 0.1) is 6.92 Å². The van der Waals surface area contributed by atoms with Crippen molar-refractivity contribution in [3.63, 3.8) is 0 Å². The van der Waals surface area contributed by atoms with Crippen molar-refractivity contribution < 1.29 is 14.7 Å². The van der Waals surface area contributed by atoms with E-state index in [1.54, 1.807) is 23.1 Å². The molecule has 194 valence electrons. The van der Waals surface area contributed by atoms with Gasteiger partial charge in [0.1, 0.15) is 5.75 Å². The van der Waals surface area contributed by atoms with Gasteiger partial charge in [0.05, 0.1) is 21.6 Å². The average Bonchev–Trinajstić information content (AvgIpc) is 3.71. The first-order valence-electron chi connectivity index (χ1n) is 12.5. The summed E-state index contributed by atoms with van der Waals surface area (Å²) in [5, 5.41) is 15.7. The van der Waals surface area contributed by atoms with Crippen LogP contribution < -0.4 is 10.6 Å². The highest BCUT2D eigenvalue weighted by Crippen LogP contribution is 2.48. The molecule has 1 aliphatic rings. The number of aromatic amines is 1. The number of aryl methyl sites for hydroxylation is 1. The zero-order valence-electron chi connectivity index (χ0n) is 20.9. The lowest BCUT2D eigenvalue weighted by molar-refractivity contribution is 0.0984. The number of primary amides is 1. The second-order valence-corrected chi connectivity index (χ2v) is 11.2. The van der Waals surface area contributed by atoms with E-state index in [4.69, 9.17) is 17.3 Å². The Bertz CT molecular complexity index is 1990. The fourth-order valence-corrected chi connectivity index (χ4v) is 7.06. The highest BCUT2D eigenvalue weighted by molar-refractivity contribution is 7.17. The number of hydrogen-bond donors (Lipinski definition) is 3. The first-order valence-corrected chi connectivity index (χ1v) is 13.9. The molecule has 3 aromatic heterocycles. The van der Waals surface area contributed by atoms with Crippen molar-refractivity contribution in [1.29, 1.82) is 0 Å². The van der Waals surface area contributed by atoms with E-state index in [2.05, 4.69) is 4.98 Å². The SMILES string of the molecule is Cc1csc2c(O)cc3c(c12)[C@H](CCl)CN3C(=O)c1ccc2c(-n3ccc4ccc(C(N)=O)cc43)c[nH]c2c1. The van der Waals surface area contributed by atoms with Crippen LogP contribution in [-0.2, 0) is 0 Å². The minimum Gasteiger partial charge on any atom is -0.506 e. The average molecular weight is 555 g/mol.